The summed E-state index contributed by atoms with van der Waals surface area (Å²) in [6.45, 7) is 2.04. The van der Waals surface area contributed by atoms with Crippen LogP contribution in [-0.2, 0) is 4.79 Å². The van der Waals surface area contributed by atoms with Gasteiger partial charge in [-0.3, -0.25) is 14.9 Å². The molecule has 0 aliphatic carbocycles. The Bertz CT molecular complexity index is 865. The number of anilines is 2. The normalized spacial score (nSPS) is 14.1. The lowest BCUT2D eigenvalue weighted by Crippen LogP contribution is -2.45. The van der Waals surface area contributed by atoms with Gasteiger partial charge >= 0.3 is 6.03 Å². The standard InChI is InChI=1S/C21H25N5O4/c27-20(23-13-12-22-17-6-8-19(9-7-17)26(29)30)16-10-14-25(15-11-16)21(28)24-18-4-2-1-3-5-18/h1-9,16,22H,10-15H2,(H,23,27)(H,24,28). The molecule has 1 saturated heterocycles. The minimum absolute atomic E-state index is 0.0105. The van der Waals surface area contributed by atoms with Crippen molar-refractivity contribution in [3.63, 3.8) is 0 Å². The number of piperidine rings is 1. The summed E-state index contributed by atoms with van der Waals surface area (Å²) in [5.74, 6) is -0.117. The Hall–Kier alpha value is -3.62. The van der Waals surface area contributed by atoms with E-state index in [1.54, 1.807) is 17.0 Å². The number of para-hydroxylation sites is 1. The highest BCUT2D eigenvalue weighted by atomic mass is 16.6. The van der Waals surface area contributed by atoms with E-state index in [9.17, 15) is 19.7 Å². The van der Waals surface area contributed by atoms with Gasteiger partial charge in [-0.1, -0.05) is 18.2 Å². The van der Waals surface area contributed by atoms with Crippen molar-refractivity contribution in [1.82, 2.24) is 10.2 Å². The molecule has 1 aliphatic heterocycles. The summed E-state index contributed by atoms with van der Waals surface area (Å²) in [5.41, 5.74) is 1.55. The van der Waals surface area contributed by atoms with Crippen LogP contribution in [0, 0.1) is 16.0 Å². The van der Waals surface area contributed by atoms with Crippen molar-refractivity contribution in [1.29, 1.82) is 0 Å². The van der Waals surface area contributed by atoms with Gasteiger partial charge in [0.2, 0.25) is 5.91 Å². The molecule has 2 aromatic carbocycles. The Balaban J connectivity index is 1.34. The van der Waals surface area contributed by atoms with E-state index >= 15 is 0 Å². The first kappa shape index (κ1) is 21.1. The number of non-ortho nitro benzene ring substituents is 1. The van der Waals surface area contributed by atoms with Crippen molar-refractivity contribution in [2.45, 2.75) is 12.8 Å². The summed E-state index contributed by atoms with van der Waals surface area (Å²) in [4.78, 5) is 36.6. The van der Waals surface area contributed by atoms with Gasteiger partial charge in [0.1, 0.15) is 0 Å². The molecular weight excluding hydrogens is 386 g/mol. The van der Waals surface area contributed by atoms with Gasteiger partial charge in [0.15, 0.2) is 0 Å². The Morgan fingerprint density at radius 1 is 0.967 bits per heavy atom. The van der Waals surface area contributed by atoms with E-state index in [0.717, 1.165) is 11.4 Å². The van der Waals surface area contributed by atoms with E-state index in [-0.39, 0.29) is 23.5 Å². The molecule has 3 N–H and O–H groups in total. The van der Waals surface area contributed by atoms with Gasteiger partial charge in [-0.25, -0.2) is 4.79 Å². The lowest BCUT2D eigenvalue weighted by atomic mass is 9.96. The fourth-order valence-corrected chi connectivity index (χ4v) is 3.31. The van der Waals surface area contributed by atoms with E-state index in [4.69, 9.17) is 0 Å². The van der Waals surface area contributed by atoms with E-state index in [2.05, 4.69) is 16.0 Å². The summed E-state index contributed by atoms with van der Waals surface area (Å²) < 4.78 is 0. The monoisotopic (exact) mass is 411 g/mol. The first-order valence-electron chi connectivity index (χ1n) is 9.90. The van der Waals surface area contributed by atoms with Crippen LogP contribution >= 0.6 is 0 Å². The average molecular weight is 411 g/mol. The van der Waals surface area contributed by atoms with Crippen LogP contribution in [0.1, 0.15) is 12.8 Å². The zero-order valence-electron chi connectivity index (χ0n) is 16.5. The summed E-state index contributed by atoms with van der Waals surface area (Å²) >= 11 is 0. The number of nitrogens with one attached hydrogen (secondary N) is 3. The van der Waals surface area contributed by atoms with Crippen molar-refractivity contribution in [2.24, 2.45) is 5.92 Å². The highest BCUT2D eigenvalue weighted by molar-refractivity contribution is 5.89. The SMILES string of the molecule is O=C(NCCNc1ccc([N+](=O)[O-])cc1)C1CCN(C(=O)Nc2ccccc2)CC1. The molecular formula is C21H25N5O4. The summed E-state index contributed by atoms with van der Waals surface area (Å²) in [6, 6.07) is 15.3. The summed E-state index contributed by atoms with van der Waals surface area (Å²) in [7, 11) is 0. The maximum atomic E-state index is 12.4. The van der Waals surface area contributed by atoms with Crippen molar-refractivity contribution in [3.05, 3.63) is 64.7 Å². The largest absolute Gasteiger partial charge is 0.383 e. The van der Waals surface area contributed by atoms with E-state index < -0.39 is 4.92 Å². The summed E-state index contributed by atoms with van der Waals surface area (Å²) in [6.07, 6.45) is 1.26. The third-order valence-electron chi connectivity index (χ3n) is 5.01. The molecule has 3 rings (SSSR count). The molecule has 1 aliphatic rings. The molecule has 0 unspecified atom stereocenters. The van der Waals surface area contributed by atoms with Crippen molar-refractivity contribution >= 4 is 29.0 Å². The maximum absolute atomic E-state index is 12.4. The number of hydrogen-bond donors (Lipinski definition) is 3. The molecule has 0 saturated carbocycles. The summed E-state index contributed by atoms with van der Waals surface area (Å²) in [5, 5.41) is 19.5. The third-order valence-corrected chi connectivity index (χ3v) is 5.01. The molecule has 30 heavy (non-hydrogen) atoms. The van der Waals surface area contributed by atoms with Crippen LogP contribution in [0.4, 0.5) is 21.9 Å². The number of likely N-dealkylation sites (tertiary alicyclic amines) is 1. The van der Waals surface area contributed by atoms with Gasteiger partial charge in [0.25, 0.3) is 5.69 Å². The number of carbonyl (C=O) groups excluding carboxylic acids is 2. The highest BCUT2D eigenvalue weighted by Crippen LogP contribution is 2.19. The Morgan fingerprint density at radius 3 is 2.27 bits per heavy atom. The van der Waals surface area contributed by atoms with E-state index in [1.807, 2.05) is 30.3 Å². The van der Waals surface area contributed by atoms with Gasteiger partial charge in [-0.2, -0.15) is 0 Å². The average Bonchev–Trinajstić information content (AvgIpc) is 2.77. The fourth-order valence-electron chi connectivity index (χ4n) is 3.31. The lowest BCUT2D eigenvalue weighted by molar-refractivity contribution is -0.384. The second-order valence-electron chi connectivity index (χ2n) is 7.08. The van der Waals surface area contributed by atoms with Crippen LogP contribution in [0.15, 0.2) is 54.6 Å². The minimum atomic E-state index is -0.444. The maximum Gasteiger partial charge on any atom is 0.321 e. The third kappa shape index (κ3) is 5.94. The molecule has 0 atom stereocenters. The van der Waals surface area contributed by atoms with E-state index in [0.29, 0.717) is 39.0 Å². The predicted octanol–water partition coefficient (Wildman–Crippen LogP) is 3.07. The molecule has 0 aromatic heterocycles. The van der Waals surface area contributed by atoms with Gasteiger partial charge < -0.3 is 20.9 Å². The second-order valence-corrected chi connectivity index (χ2v) is 7.08. The molecule has 1 fully saturated rings. The number of nitro groups is 1. The number of nitro benzene ring substituents is 1. The quantitative estimate of drug-likeness (QED) is 0.368. The van der Waals surface area contributed by atoms with Crippen LogP contribution in [0.3, 0.4) is 0 Å². The molecule has 9 heteroatoms. The smallest absolute Gasteiger partial charge is 0.321 e. The van der Waals surface area contributed by atoms with Crippen molar-refractivity contribution in [3.8, 4) is 0 Å². The molecule has 0 radical (unpaired) electrons. The first-order valence-corrected chi connectivity index (χ1v) is 9.90. The van der Waals surface area contributed by atoms with Gasteiger partial charge in [0, 0.05) is 55.6 Å². The van der Waals surface area contributed by atoms with Crippen molar-refractivity contribution in [2.75, 3.05) is 36.8 Å². The molecule has 2 aromatic rings. The minimum Gasteiger partial charge on any atom is -0.383 e. The predicted molar refractivity (Wildman–Crippen MR) is 114 cm³/mol. The number of rotatable bonds is 7. The Morgan fingerprint density at radius 2 is 1.63 bits per heavy atom. The number of amides is 3. The molecule has 3 amide bonds. The number of benzene rings is 2. The van der Waals surface area contributed by atoms with Crippen LogP contribution in [0.2, 0.25) is 0 Å². The second kappa shape index (κ2) is 10.2. The molecule has 0 spiro atoms. The topological polar surface area (TPSA) is 117 Å². The number of urea groups is 1. The number of hydrogen-bond acceptors (Lipinski definition) is 5. The zero-order valence-corrected chi connectivity index (χ0v) is 16.5. The fraction of sp³-hybridized carbons (Fsp3) is 0.333. The molecule has 1 heterocycles. The van der Waals surface area contributed by atoms with Crippen LogP contribution in [-0.4, -0.2) is 47.9 Å². The zero-order chi connectivity index (χ0) is 21.3. The molecule has 0 bridgehead atoms. The van der Waals surface area contributed by atoms with Gasteiger partial charge in [-0.15, -0.1) is 0 Å². The van der Waals surface area contributed by atoms with Gasteiger partial charge in [-0.05, 0) is 37.1 Å². The Labute approximate surface area is 174 Å². The van der Waals surface area contributed by atoms with Crippen molar-refractivity contribution < 1.29 is 14.5 Å². The van der Waals surface area contributed by atoms with Crippen LogP contribution in [0.5, 0.6) is 0 Å². The van der Waals surface area contributed by atoms with Crippen LogP contribution < -0.4 is 16.0 Å². The molecule has 158 valence electrons. The number of nitrogens with zero attached hydrogens (tertiary/aromatic N) is 2. The number of carbonyl (C=O) groups is 2. The highest BCUT2D eigenvalue weighted by Gasteiger charge is 2.27. The van der Waals surface area contributed by atoms with Crippen LogP contribution in [0.25, 0.3) is 0 Å². The molecule has 9 nitrogen and oxygen atoms in total. The Kier molecular flexibility index (Phi) is 7.20. The first-order chi connectivity index (χ1) is 14.5. The van der Waals surface area contributed by atoms with E-state index in [1.165, 1.54) is 12.1 Å². The van der Waals surface area contributed by atoms with Gasteiger partial charge in [0.05, 0.1) is 4.92 Å². The lowest BCUT2D eigenvalue weighted by Gasteiger charge is -2.31.